The van der Waals surface area contributed by atoms with E-state index in [-0.39, 0.29) is 22.6 Å². The van der Waals surface area contributed by atoms with Gasteiger partial charge in [-0.05, 0) is 29.8 Å². The van der Waals surface area contributed by atoms with Gasteiger partial charge < -0.3 is 20.4 Å². The Morgan fingerprint density at radius 2 is 1.11 bits per heavy atom. The van der Waals surface area contributed by atoms with Crippen LogP contribution in [0.3, 0.4) is 0 Å². The SMILES string of the molecule is Cc1c(O)c(O)c(O)c(-c2nc(-c3nc4c(c5ccccc35)c3ccccc3c3sc5ccccc5c43)nc3ccccc23)c1O. The number of phenolic OH excluding ortho intramolecular Hbond substituents is 4. The molecule has 0 aliphatic heterocycles. The molecule has 0 fully saturated rings. The van der Waals surface area contributed by atoms with Crippen LogP contribution >= 0.6 is 11.3 Å². The molecular weight excluding hydrogens is 595 g/mol. The summed E-state index contributed by atoms with van der Waals surface area (Å²) in [6, 6.07) is 32.1. The Kier molecular flexibility index (Phi) is 5.46. The van der Waals surface area contributed by atoms with Crippen molar-refractivity contribution in [2.75, 3.05) is 0 Å². The molecule has 3 aromatic heterocycles. The van der Waals surface area contributed by atoms with Crippen LogP contribution in [0.2, 0.25) is 0 Å². The van der Waals surface area contributed by atoms with E-state index in [1.54, 1.807) is 17.4 Å². The van der Waals surface area contributed by atoms with E-state index in [2.05, 4.69) is 48.5 Å². The first-order chi connectivity index (χ1) is 22.4. The maximum absolute atomic E-state index is 11.2. The molecule has 220 valence electrons. The van der Waals surface area contributed by atoms with E-state index in [4.69, 9.17) is 15.0 Å². The molecule has 0 bridgehead atoms. The highest BCUT2D eigenvalue weighted by Crippen LogP contribution is 2.52. The molecule has 0 atom stereocenters. The molecule has 7 nitrogen and oxygen atoms in total. The van der Waals surface area contributed by atoms with Gasteiger partial charge in [-0.3, -0.25) is 0 Å². The minimum Gasteiger partial charge on any atom is -0.507 e. The normalized spacial score (nSPS) is 11.9. The zero-order valence-corrected chi connectivity index (χ0v) is 25.1. The summed E-state index contributed by atoms with van der Waals surface area (Å²) in [5.41, 5.74) is 2.05. The molecule has 0 saturated heterocycles. The van der Waals surface area contributed by atoms with Crippen molar-refractivity contribution in [1.29, 1.82) is 0 Å². The van der Waals surface area contributed by atoms with Crippen molar-refractivity contribution >= 4 is 74.9 Å². The lowest BCUT2D eigenvalue weighted by atomic mass is 9.95. The van der Waals surface area contributed by atoms with Crippen molar-refractivity contribution < 1.29 is 20.4 Å². The van der Waals surface area contributed by atoms with Crippen LogP contribution in [0.5, 0.6) is 23.0 Å². The molecule has 0 aliphatic carbocycles. The highest BCUT2D eigenvalue weighted by atomic mass is 32.1. The van der Waals surface area contributed by atoms with Gasteiger partial charge in [-0.25, -0.2) is 15.0 Å². The van der Waals surface area contributed by atoms with E-state index in [0.717, 1.165) is 42.5 Å². The average molecular weight is 618 g/mol. The summed E-state index contributed by atoms with van der Waals surface area (Å²) in [5.74, 6) is -2.11. The first-order valence-electron chi connectivity index (χ1n) is 14.7. The maximum atomic E-state index is 11.2. The van der Waals surface area contributed by atoms with Crippen molar-refractivity contribution in [1.82, 2.24) is 15.0 Å². The Hall–Kier alpha value is -5.99. The van der Waals surface area contributed by atoms with Gasteiger partial charge in [0.2, 0.25) is 5.75 Å². The zero-order chi connectivity index (χ0) is 31.3. The predicted octanol–water partition coefficient (Wildman–Crippen LogP) is 9.32. The fraction of sp³-hybridized carbons (Fsp3) is 0.0263. The van der Waals surface area contributed by atoms with Gasteiger partial charge in [0.1, 0.15) is 11.4 Å². The highest BCUT2D eigenvalue weighted by molar-refractivity contribution is 7.27. The number of thiophene rings is 1. The van der Waals surface area contributed by atoms with Crippen LogP contribution in [0.15, 0.2) is 97.1 Å². The van der Waals surface area contributed by atoms with E-state index in [0.29, 0.717) is 16.6 Å². The standard InChI is InChI=1S/C38H23N3O4S/c1-18-33(42)29(35(44)36(45)34(18)43)30-23-14-6-8-16-25(23)39-38(41-30)31-21-12-4-2-10-19(21)27-20-11-3-5-13-22(20)37-28(32(27)40-31)24-15-7-9-17-26(24)46-37/h2-17,42-45H,1H3. The third-order valence-corrected chi connectivity index (χ3v) is 10.1. The number of benzene rings is 6. The summed E-state index contributed by atoms with van der Waals surface area (Å²) < 4.78 is 2.33. The number of rotatable bonds is 2. The molecule has 0 unspecified atom stereocenters. The number of hydrogen-bond donors (Lipinski definition) is 4. The summed E-state index contributed by atoms with van der Waals surface area (Å²) in [6.45, 7) is 1.46. The van der Waals surface area contributed by atoms with Gasteiger partial charge in [-0.15, -0.1) is 11.3 Å². The minimum absolute atomic E-state index is 0.0161. The quantitative estimate of drug-likeness (QED) is 0.0867. The third kappa shape index (κ3) is 3.50. The molecule has 0 aliphatic rings. The van der Waals surface area contributed by atoms with Gasteiger partial charge in [0.25, 0.3) is 0 Å². The number of fused-ring (bicyclic) bond motifs is 11. The Bertz CT molecular complexity index is 2740. The molecule has 4 N–H and O–H groups in total. The Labute approximate surface area is 264 Å². The number of phenols is 4. The van der Waals surface area contributed by atoms with Crippen molar-refractivity contribution in [3.8, 4) is 45.8 Å². The fourth-order valence-electron chi connectivity index (χ4n) is 6.67. The van der Waals surface area contributed by atoms with E-state index in [1.807, 2.05) is 42.5 Å². The van der Waals surface area contributed by atoms with E-state index in [9.17, 15) is 20.4 Å². The van der Waals surface area contributed by atoms with Crippen molar-refractivity contribution in [3.63, 3.8) is 0 Å². The summed E-state index contributed by atoms with van der Waals surface area (Å²) in [5, 5.41) is 51.0. The second kappa shape index (κ2) is 9.50. The average Bonchev–Trinajstić information content (AvgIpc) is 3.49. The second-order valence-corrected chi connectivity index (χ2v) is 12.4. The number of pyridine rings is 1. The number of aromatic hydroxyl groups is 4. The van der Waals surface area contributed by atoms with Gasteiger partial charge in [-0.1, -0.05) is 84.9 Å². The van der Waals surface area contributed by atoms with Crippen LogP contribution in [-0.2, 0) is 0 Å². The molecule has 0 radical (unpaired) electrons. The van der Waals surface area contributed by atoms with Crippen LogP contribution < -0.4 is 0 Å². The zero-order valence-electron chi connectivity index (χ0n) is 24.3. The Balaban J connectivity index is 1.48. The molecule has 8 heteroatoms. The van der Waals surface area contributed by atoms with Crippen molar-refractivity contribution in [2.24, 2.45) is 0 Å². The van der Waals surface area contributed by atoms with Crippen LogP contribution in [0.4, 0.5) is 0 Å². The molecule has 0 spiro atoms. The molecule has 6 aromatic carbocycles. The van der Waals surface area contributed by atoms with Crippen LogP contribution in [0.25, 0.3) is 86.3 Å². The Morgan fingerprint density at radius 1 is 0.500 bits per heavy atom. The minimum atomic E-state index is -0.734. The summed E-state index contributed by atoms with van der Waals surface area (Å²) in [6.07, 6.45) is 0. The maximum Gasteiger partial charge on any atom is 0.201 e. The van der Waals surface area contributed by atoms with Crippen LogP contribution in [0, 0.1) is 6.92 Å². The number of hydrogen-bond acceptors (Lipinski definition) is 8. The first-order valence-corrected chi connectivity index (χ1v) is 15.5. The fourth-order valence-corrected chi connectivity index (χ4v) is 7.92. The van der Waals surface area contributed by atoms with Crippen LogP contribution in [0.1, 0.15) is 5.56 Å². The largest absolute Gasteiger partial charge is 0.507 e. The number of aromatic nitrogens is 3. The van der Waals surface area contributed by atoms with Gasteiger partial charge in [0, 0.05) is 47.3 Å². The molecule has 3 heterocycles. The van der Waals surface area contributed by atoms with Gasteiger partial charge in [-0.2, -0.15) is 0 Å². The first kappa shape index (κ1) is 26.4. The van der Waals surface area contributed by atoms with Crippen molar-refractivity contribution in [2.45, 2.75) is 6.92 Å². The monoisotopic (exact) mass is 617 g/mol. The molecule has 9 aromatic rings. The summed E-state index contributed by atoms with van der Waals surface area (Å²) in [4.78, 5) is 15.3. The lowest BCUT2D eigenvalue weighted by Gasteiger charge is -2.16. The lowest BCUT2D eigenvalue weighted by Crippen LogP contribution is -1.99. The van der Waals surface area contributed by atoms with E-state index < -0.39 is 23.0 Å². The van der Waals surface area contributed by atoms with Gasteiger partial charge in [0.15, 0.2) is 17.3 Å². The van der Waals surface area contributed by atoms with Crippen molar-refractivity contribution in [3.05, 3.63) is 103 Å². The molecule has 0 amide bonds. The third-order valence-electron chi connectivity index (χ3n) is 8.87. The Morgan fingerprint density at radius 3 is 1.87 bits per heavy atom. The lowest BCUT2D eigenvalue weighted by molar-refractivity contribution is 0.359. The van der Waals surface area contributed by atoms with E-state index >= 15 is 0 Å². The smallest absolute Gasteiger partial charge is 0.201 e. The summed E-state index contributed by atoms with van der Waals surface area (Å²) >= 11 is 1.75. The number of nitrogens with zero attached hydrogens (tertiary/aromatic N) is 3. The highest BCUT2D eigenvalue weighted by Gasteiger charge is 2.27. The molecular formula is C38H23N3O4S. The van der Waals surface area contributed by atoms with Gasteiger partial charge in [0.05, 0.1) is 22.3 Å². The van der Waals surface area contributed by atoms with Crippen LogP contribution in [-0.4, -0.2) is 35.4 Å². The molecule has 46 heavy (non-hydrogen) atoms. The second-order valence-electron chi connectivity index (χ2n) is 11.4. The van der Waals surface area contributed by atoms with E-state index in [1.165, 1.54) is 17.0 Å². The van der Waals surface area contributed by atoms with Gasteiger partial charge >= 0.3 is 0 Å². The molecule has 0 saturated carbocycles. The number of para-hydroxylation sites is 1. The summed E-state index contributed by atoms with van der Waals surface area (Å²) in [7, 11) is 0. The molecule has 9 rings (SSSR count). The topological polar surface area (TPSA) is 120 Å². The predicted molar refractivity (Wildman–Crippen MR) is 185 cm³/mol.